The highest BCUT2D eigenvalue weighted by atomic mass is 35.6. The van der Waals surface area contributed by atoms with Crippen LogP contribution in [0.3, 0.4) is 0 Å². The highest BCUT2D eigenvalue weighted by molar-refractivity contribution is 6.67. The van der Waals surface area contributed by atoms with Crippen molar-refractivity contribution in [1.29, 1.82) is 0 Å². The summed E-state index contributed by atoms with van der Waals surface area (Å²) in [5.74, 6) is -1.22. The zero-order valence-electron chi connectivity index (χ0n) is 10.4. The number of rotatable bonds is 4. The van der Waals surface area contributed by atoms with Crippen LogP contribution in [-0.4, -0.2) is 27.6 Å². The lowest BCUT2D eigenvalue weighted by Gasteiger charge is -2.16. The Labute approximate surface area is 130 Å². The molecule has 0 bridgehead atoms. The molecule has 1 atom stereocenters. The second-order valence-electron chi connectivity index (χ2n) is 4.02. The summed E-state index contributed by atoms with van der Waals surface area (Å²) in [6, 6.07) is 5.43. The standard InChI is InChI=1S/C12H12Cl3NO4/c1-7-2-4-8(5-3-7)9(10(17)18)16-11(19)20-6-12(13,14)15/h2-5,9H,6H2,1H3,(H,16,19)(H,17,18)/t9-/m1/s1. The lowest BCUT2D eigenvalue weighted by molar-refractivity contribution is -0.139. The third-order valence-electron chi connectivity index (χ3n) is 2.29. The molecule has 0 aliphatic rings. The van der Waals surface area contributed by atoms with Crippen LogP contribution in [0.5, 0.6) is 0 Å². The molecule has 0 aromatic heterocycles. The van der Waals surface area contributed by atoms with Gasteiger partial charge in [0.1, 0.15) is 6.61 Å². The van der Waals surface area contributed by atoms with Gasteiger partial charge in [0.25, 0.3) is 0 Å². The summed E-state index contributed by atoms with van der Waals surface area (Å²) in [6.45, 7) is 1.38. The van der Waals surface area contributed by atoms with E-state index in [-0.39, 0.29) is 0 Å². The van der Waals surface area contributed by atoms with E-state index in [2.05, 4.69) is 10.1 Å². The predicted octanol–water partition coefficient (Wildman–Crippen LogP) is 3.22. The topological polar surface area (TPSA) is 75.6 Å². The molecule has 0 spiro atoms. The summed E-state index contributed by atoms with van der Waals surface area (Å²) >= 11 is 16.3. The number of benzene rings is 1. The molecule has 20 heavy (non-hydrogen) atoms. The molecule has 0 saturated heterocycles. The van der Waals surface area contributed by atoms with Crippen LogP contribution >= 0.6 is 34.8 Å². The first-order valence-corrected chi connectivity index (χ1v) is 6.62. The second kappa shape index (κ2) is 7.02. The fourth-order valence-corrected chi connectivity index (χ4v) is 1.52. The summed E-state index contributed by atoms with van der Waals surface area (Å²) in [5, 5.41) is 11.3. The molecule has 0 heterocycles. The molecule has 0 aliphatic carbocycles. The molecule has 8 heteroatoms. The molecule has 1 rings (SSSR count). The zero-order chi connectivity index (χ0) is 15.3. The first-order valence-electron chi connectivity index (χ1n) is 5.48. The van der Waals surface area contributed by atoms with Gasteiger partial charge in [0.15, 0.2) is 6.04 Å². The van der Waals surface area contributed by atoms with Gasteiger partial charge in [-0.1, -0.05) is 64.6 Å². The SMILES string of the molecule is Cc1ccc([C@@H](NC(=O)OCC(Cl)(Cl)Cl)C(=O)O)cc1. The number of aryl methyl sites for hydroxylation is 1. The van der Waals surface area contributed by atoms with Gasteiger partial charge in [0, 0.05) is 0 Å². The third kappa shape index (κ3) is 5.86. The third-order valence-corrected chi connectivity index (χ3v) is 2.61. The van der Waals surface area contributed by atoms with E-state index in [1.54, 1.807) is 24.3 Å². The van der Waals surface area contributed by atoms with E-state index < -0.39 is 28.5 Å². The maximum absolute atomic E-state index is 11.5. The number of carboxylic acid groups (broad SMARTS) is 1. The number of aliphatic carboxylic acids is 1. The van der Waals surface area contributed by atoms with E-state index in [1.165, 1.54) is 0 Å². The van der Waals surface area contributed by atoms with Crippen molar-refractivity contribution in [3.63, 3.8) is 0 Å². The number of carbonyl (C=O) groups excluding carboxylic acids is 1. The van der Waals surface area contributed by atoms with Crippen molar-refractivity contribution in [2.75, 3.05) is 6.61 Å². The van der Waals surface area contributed by atoms with Gasteiger partial charge >= 0.3 is 12.1 Å². The molecule has 1 aromatic rings. The molecule has 0 radical (unpaired) electrons. The smallest absolute Gasteiger partial charge is 0.408 e. The Hall–Kier alpha value is -1.17. The van der Waals surface area contributed by atoms with Crippen LogP contribution in [0.2, 0.25) is 0 Å². The van der Waals surface area contributed by atoms with Crippen LogP contribution < -0.4 is 5.32 Å². The van der Waals surface area contributed by atoms with Crippen molar-refractivity contribution in [2.45, 2.75) is 16.8 Å². The molecule has 110 valence electrons. The van der Waals surface area contributed by atoms with Crippen molar-refractivity contribution >= 4 is 46.9 Å². The van der Waals surface area contributed by atoms with E-state index >= 15 is 0 Å². The lowest BCUT2D eigenvalue weighted by atomic mass is 10.1. The Balaban J connectivity index is 2.71. The molecule has 0 aliphatic heterocycles. The second-order valence-corrected chi connectivity index (χ2v) is 6.53. The van der Waals surface area contributed by atoms with Crippen molar-refractivity contribution in [2.24, 2.45) is 0 Å². The van der Waals surface area contributed by atoms with Gasteiger partial charge in [-0.2, -0.15) is 0 Å². The molecule has 1 aromatic carbocycles. The highest BCUT2D eigenvalue weighted by Gasteiger charge is 2.26. The number of nitrogens with one attached hydrogen (secondary N) is 1. The van der Waals surface area contributed by atoms with E-state index in [9.17, 15) is 9.59 Å². The number of ether oxygens (including phenoxy) is 1. The summed E-state index contributed by atoms with van der Waals surface area (Å²) in [7, 11) is 0. The lowest BCUT2D eigenvalue weighted by Crippen LogP contribution is -2.35. The molecule has 2 N–H and O–H groups in total. The predicted molar refractivity (Wildman–Crippen MR) is 76.3 cm³/mol. The van der Waals surface area contributed by atoms with Crippen LogP contribution in [0, 0.1) is 6.92 Å². The number of alkyl halides is 3. The molecule has 0 saturated carbocycles. The van der Waals surface area contributed by atoms with Crippen LogP contribution in [0.15, 0.2) is 24.3 Å². The number of carbonyl (C=O) groups is 2. The zero-order valence-corrected chi connectivity index (χ0v) is 12.7. The largest absolute Gasteiger partial charge is 0.479 e. The highest BCUT2D eigenvalue weighted by Crippen LogP contribution is 2.26. The quantitative estimate of drug-likeness (QED) is 0.825. The van der Waals surface area contributed by atoms with Crippen LogP contribution in [-0.2, 0) is 9.53 Å². The monoisotopic (exact) mass is 339 g/mol. The Morgan fingerprint density at radius 1 is 1.30 bits per heavy atom. The van der Waals surface area contributed by atoms with E-state index in [0.29, 0.717) is 5.56 Å². The summed E-state index contributed by atoms with van der Waals surface area (Å²) in [5.41, 5.74) is 1.38. The average molecular weight is 341 g/mol. The van der Waals surface area contributed by atoms with Crippen molar-refractivity contribution in [3.05, 3.63) is 35.4 Å². The summed E-state index contributed by atoms with van der Waals surface area (Å²) in [4.78, 5) is 22.6. The van der Waals surface area contributed by atoms with Crippen LogP contribution in [0.1, 0.15) is 17.2 Å². The van der Waals surface area contributed by atoms with Crippen LogP contribution in [0.25, 0.3) is 0 Å². The van der Waals surface area contributed by atoms with Gasteiger partial charge in [-0.15, -0.1) is 0 Å². The molecule has 0 fully saturated rings. The minimum Gasteiger partial charge on any atom is -0.479 e. The molecule has 5 nitrogen and oxygen atoms in total. The number of hydrogen-bond acceptors (Lipinski definition) is 3. The fraction of sp³-hybridized carbons (Fsp3) is 0.333. The van der Waals surface area contributed by atoms with E-state index in [4.69, 9.17) is 39.9 Å². The number of hydrogen-bond donors (Lipinski definition) is 2. The Kier molecular flexibility index (Phi) is 5.92. The fourth-order valence-electron chi connectivity index (χ4n) is 1.35. The summed E-state index contributed by atoms with van der Waals surface area (Å²) in [6.07, 6.45) is -0.982. The van der Waals surface area contributed by atoms with E-state index in [1.807, 2.05) is 6.92 Å². The van der Waals surface area contributed by atoms with Crippen molar-refractivity contribution in [1.82, 2.24) is 5.32 Å². The van der Waals surface area contributed by atoms with Gasteiger partial charge < -0.3 is 15.2 Å². The van der Waals surface area contributed by atoms with Crippen LogP contribution in [0.4, 0.5) is 4.79 Å². The van der Waals surface area contributed by atoms with E-state index in [0.717, 1.165) is 5.56 Å². The van der Waals surface area contributed by atoms with Gasteiger partial charge in [0.05, 0.1) is 0 Å². The first kappa shape index (κ1) is 16.9. The number of amides is 1. The Morgan fingerprint density at radius 3 is 2.30 bits per heavy atom. The minimum absolute atomic E-state index is 0.411. The Morgan fingerprint density at radius 2 is 1.85 bits per heavy atom. The van der Waals surface area contributed by atoms with Gasteiger partial charge in [-0.3, -0.25) is 0 Å². The van der Waals surface area contributed by atoms with Crippen molar-refractivity contribution < 1.29 is 19.4 Å². The van der Waals surface area contributed by atoms with Crippen molar-refractivity contribution in [3.8, 4) is 0 Å². The molecular formula is C12H12Cl3NO4. The molecular weight excluding hydrogens is 328 g/mol. The average Bonchev–Trinajstić information content (AvgIpc) is 2.33. The Bertz CT molecular complexity index is 484. The minimum atomic E-state index is -1.75. The maximum Gasteiger partial charge on any atom is 0.408 e. The number of halogens is 3. The normalized spacial score (nSPS) is 12.6. The molecule has 0 unspecified atom stereocenters. The summed E-state index contributed by atoms with van der Waals surface area (Å²) < 4.78 is 2.87. The van der Waals surface area contributed by atoms with Gasteiger partial charge in [0.2, 0.25) is 3.79 Å². The number of carboxylic acids is 1. The maximum atomic E-state index is 11.5. The first-order chi connectivity index (χ1) is 9.19. The molecule has 1 amide bonds. The van der Waals surface area contributed by atoms with Gasteiger partial charge in [-0.25, -0.2) is 9.59 Å². The van der Waals surface area contributed by atoms with Gasteiger partial charge in [-0.05, 0) is 12.5 Å². The number of alkyl carbamates (subject to hydrolysis) is 1.